The molecule has 2 atom stereocenters. The van der Waals surface area contributed by atoms with Crippen LogP contribution in [0.3, 0.4) is 0 Å². The number of alkyl carbamates (subject to hydrolysis) is 1. The van der Waals surface area contributed by atoms with Crippen LogP contribution in [0.15, 0.2) is 30.8 Å². The third-order valence-corrected chi connectivity index (χ3v) is 5.06. The van der Waals surface area contributed by atoms with Gasteiger partial charge in [0, 0.05) is 11.6 Å². The summed E-state index contributed by atoms with van der Waals surface area (Å²) >= 11 is 0. The minimum absolute atomic E-state index is 0.115. The van der Waals surface area contributed by atoms with Crippen LogP contribution in [0.2, 0.25) is 0 Å². The van der Waals surface area contributed by atoms with Crippen LogP contribution in [0.4, 0.5) is 4.79 Å². The van der Waals surface area contributed by atoms with Crippen LogP contribution in [0, 0.1) is 5.92 Å². The van der Waals surface area contributed by atoms with E-state index >= 15 is 0 Å². The predicted molar refractivity (Wildman–Crippen MR) is 142 cm³/mol. The SMILES string of the molecule is C=Cc1cccc(C(C(=O)NC(C)C)N(C(=O)C(CC(C)C)NC(=O)OC(C)(C)C)C(C)(C)C)c1. The highest BCUT2D eigenvalue weighted by atomic mass is 16.6. The molecule has 0 saturated heterocycles. The highest BCUT2D eigenvalue weighted by Crippen LogP contribution is 2.31. The molecule has 3 amide bonds. The van der Waals surface area contributed by atoms with Gasteiger partial charge in [0.05, 0.1) is 0 Å². The smallest absolute Gasteiger partial charge is 0.408 e. The number of hydrogen-bond acceptors (Lipinski definition) is 4. The van der Waals surface area contributed by atoms with E-state index in [1.807, 2.05) is 72.7 Å². The molecule has 0 heterocycles. The quantitative estimate of drug-likeness (QED) is 0.484. The molecule has 196 valence electrons. The summed E-state index contributed by atoms with van der Waals surface area (Å²) in [5.41, 5.74) is 0.0796. The summed E-state index contributed by atoms with van der Waals surface area (Å²) in [5.74, 6) is -0.511. The van der Waals surface area contributed by atoms with Gasteiger partial charge in [-0.25, -0.2) is 4.79 Å². The first-order valence-corrected chi connectivity index (χ1v) is 12.3. The summed E-state index contributed by atoms with van der Waals surface area (Å²) in [5, 5.41) is 5.73. The second-order valence-electron chi connectivity index (χ2n) is 11.6. The topological polar surface area (TPSA) is 87.7 Å². The molecule has 0 spiro atoms. The lowest BCUT2D eigenvalue weighted by Gasteiger charge is -2.43. The van der Waals surface area contributed by atoms with Crippen LogP contribution in [-0.2, 0) is 14.3 Å². The van der Waals surface area contributed by atoms with Crippen molar-refractivity contribution in [2.75, 3.05) is 0 Å². The fraction of sp³-hybridized carbons (Fsp3) is 0.607. The van der Waals surface area contributed by atoms with Gasteiger partial charge >= 0.3 is 6.09 Å². The molecule has 0 radical (unpaired) electrons. The maximum Gasteiger partial charge on any atom is 0.408 e. The molecule has 1 aromatic rings. The Hall–Kier alpha value is -2.83. The van der Waals surface area contributed by atoms with Gasteiger partial charge in [0.25, 0.3) is 0 Å². The number of hydrogen-bond donors (Lipinski definition) is 2. The number of nitrogens with zero attached hydrogens (tertiary/aromatic N) is 1. The first-order valence-electron chi connectivity index (χ1n) is 12.3. The molecule has 0 aliphatic rings. The fourth-order valence-electron chi connectivity index (χ4n) is 3.79. The molecule has 0 saturated carbocycles. The molecule has 1 rings (SSSR count). The third-order valence-electron chi connectivity index (χ3n) is 5.06. The van der Waals surface area contributed by atoms with Crippen LogP contribution in [-0.4, -0.2) is 46.0 Å². The molecule has 1 aromatic carbocycles. The van der Waals surface area contributed by atoms with Gasteiger partial charge in [-0.05, 0) is 84.9 Å². The zero-order valence-electron chi connectivity index (χ0n) is 23.2. The molecule has 0 fully saturated rings. The number of carbonyl (C=O) groups excluding carboxylic acids is 3. The Morgan fingerprint density at radius 2 is 1.63 bits per heavy atom. The number of nitrogens with one attached hydrogen (secondary N) is 2. The summed E-state index contributed by atoms with van der Waals surface area (Å²) in [7, 11) is 0. The first kappa shape index (κ1) is 30.2. The van der Waals surface area contributed by atoms with E-state index in [1.54, 1.807) is 31.7 Å². The van der Waals surface area contributed by atoms with E-state index in [-0.39, 0.29) is 23.8 Å². The lowest BCUT2D eigenvalue weighted by atomic mass is 9.93. The Labute approximate surface area is 211 Å². The van der Waals surface area contributed by atoms with Gasteiger partial charge in [0.1, 0.15) is 17.7 Å². The van der Waals surface area contributed by atoms with E-state index in [0.717, 1.165) is 5.56 Å². The highest BCUT2D eigenvalue weighted by molar-refractivity contribution is 5.92. The van der Waals surface area contributed by atoms with E-state index in [2.05, 4.69) is 17.2 Å². The van der Waals surface area contributed by atoms with Gasteiger partial charge in [-0.2, -0.15) is 0 Å². The lowest BCUT2D eigenvalue weighted by molar-refractivity contribution is -0.149. The van der Waals surface area contributed by atoms with Crippen LogP contribution in [0.1, 0.15) is 92.8 Å². The summed E-state index contributed by atoms with van der Waals surface area (Å²) in [4.78, 5) is 41.9. The van der Waals surface area contributed by atoms with Crippen molar-refractivity contribution in [1.82, 2.24) is 15.5 Å². The summed E-state index contributed by atoms with van der Waals surface area (Å²) in [6.07, 6.45) is 1.44. The molecule has 0 aromatic heterocycles. The van der Waals surface area contributed by atoms with Crippen molar-refractivity contribution in [2.45, 2.75) is 105 Å². The molecule has 2 unspecified atom stereocenters. The van der Waals surface area contributed by atoms with Crippen molar-refractivity contribution in [3.8, 4) is 0 Å². The summed E-state index contributed by atoms with van der Waals surface area (Å²) < 4.78 is 5.43. The average molecular weight is 488 g/mol. The number of amides is 3. The maximum atomic E-state index is 14.1. The van der Waals surface area contributed by atoms with Crippen LogP contribution in [0.5, 0.6) is 0 Å². The monoisotopic (exact) mass is 487 g/mol. The van der Waals surface area contributed by atoms with Gasteiger partial charge in [-0.1, -0.05) is 44.7 Å². The predicted octanol–water partition coefficient (Wildman–Crippen LogP) is 5.46. The standard InChI is InChI=1S/C28H45N3O4/c1-12-20-14-13-15-21(17-20)23(24(32)29-19(4)5)31(27(6,7)8)25(33)22(16-18(2)3)30-26(34)35-28(9,10)11/h12-15,17-19,22-23H,1,16H2,2-11H3,(H,29,32)(H,30,34). The Balaban J connectivity index is 3.60. The van der Waals surface area contributed by atoms with Gasteiger partial charge in [0.15, 0.2) is 0 Å². The molecule has 0 bridgehead atoms. The van der Waals surface area contributed by atoms with Crippen molar-refractivity contribution in [3.63, 3.8) is 0 Å². The summed E-state index contributed by atoms with van der Waals surface area (Å²) in [6, 6.07) is 5.56. The Morgan fingerprint density at radius 1 is 1.03 bits per heavy atom. The Kier molecular flexibility index (Phi) is 10.6. The van der Waals surface area contributed by atoms with Crippen LogP contribution in [0.25, 0.3) is 6.08 Å². The average Bonchev–Trinajstić information content (AvgIpc) is 2.67. The summed E-state index contributed by atoms with van der Waals surface area (Å²) in [6.45, 7) is 22.5. The van der Waals surface area contributed by atoms with E-state index in [4.69, 9.17) is 4.74 Å². The molecule has 2 N–H and O–H groups in total. The number of carbonyl (C=O) groups is 3. The molecule has 7 nitrogen and oxygen atoms in total. The van der Waals surface area contributed by atoms with Crippen LogP contribution < -0.4 is 10.6 Å². The van der Waals surface area contributed by atoms with E-state index in [0.29, 0.717) is 12.0 Å². The second kappa shape index (κ2) is 12.2. The van der Waals surface area contributed by atoms with Crippen molar-refractivity contribution < 1.29 is 19.1 Å². The zero-order chi connectivity index (χ0) is 27.1. The maximum absolute atomic E-state index is 14.1. The number of ether oxygens (including phenoxy) is 1. The fourth-order valence-corrected chi connectivity index (χ4v) is 3.79. The van der Waals surface area contributed by atoms with Crippen molar-refractivity contribution >= 4 is 24.0 Å². The van der Waals surface area contributed by atoms with Gasteiger partial charge in [0.2, 0.25) is 11.8 Å². The largest absolute Gasteiger partial charge is 0.444 e. The lowest BCUT2D eigenvalue weighted by Crippen LogP contribution is -2.59. The molecule has 0 aliphatic heterocycles. The molecular formula is C28H45N3O4. The van der Waals surface area contributed by atoms with Crippen molar-refractivity contribution in [2.24, 2.45) is 5.92 Å². The molecule has 0 aliphatic carbocycles. The molecule has 35 heavy (non-hydrogen) atoms. The van der Waals surface area contributed by atoms with E-state index < -0.39 is 29.3 Å². The van der Waals surface area contributed by atoms with Gasteiger partial charge < -0.3 is 20.3 Å². The number of benzene rings is 1. The normalized spacial score (nSPS) is 13.7. The number of rotatable bonds is 9. The second-order valence-corrected chi connectivity index (χ2v) is 11.6. The van der Waals surface area contributed by atoms with Gasteiger partial charge in [-0.3, -0.25) is 9.59 Å². The molecular weight excluding hydrogens is 442 g/mol. The van der Waals surface area contributed by atoms with E-state index in [1.165, 1.54) is 0 Å². The Morgan fingerprint density at radius 3 is 2.09 bits per heavy atom. The minimum atomic E-state index is -0.903. The first-order chi connectivity index (χ1) is 16.0. The van der Waals surface area contributed by atoms with E-state index in [9.17, 15) is 14.4 Å². The zero-order valence-corrected chi connectivity index (χ0v) is 23.2. The van der Waals surface area contributed by atoms with Gasteiger partial charge in [-0.15, -0.1) is 0 Å². The third kappa shape index (κ3) is 9.74. The van der Waals surface area contributed by atoms with Crippen LogP contribution >= 0.6 is 0 Å². The molecule has 7 heteroatoms. The van der Waals surface area contributed by atoms with Crippen molar-refractivity contribution in [1.29, 1.82) is 0 Å². The highest BCUT2D eigenvalue weighted by Gasteiger charge is 2.42. The Bertz CT molecular complexity index is 894. The minimum Gasteiger partial charge on any atom is -0.444 e. The van der Waals surface area contributed by atoms with Crippen molar-refractivity contribution in [3.05, 3.63) is 42.0 Å².